The maximum Gasteiger partial charge on any atom is 0.270 e. The highest BCUT2D eigenvalue weighted by atomic mass is 16.5. The van der Waals surface area contributed by atoms with Crippen LogP contribution in [0.1, 0.15) is 34.1 Å². The maximum absolute atomic E-state index is 13.0. The molecule has 3 atom stereocenters. The van der Waals surface area contributed by atoms with Gasteiger partial charge in [0.05, 0.1) is 19.1 Å². The lowest BCUT2D eigenvalue weighted by Gasteiger charge is -2.31. The van der Waals surface area contributed by atoms with Crippen LogP contribution in [0, 0.1) is 18.8 Å². The number of amides is 2. The van der Waals surface area contributed by atoms with Crippen molar-refractivity contribution in [2.45, 2.75) is 19.4 Å². The van der Waals surface area contributed by atoms with E-state index in [4.69, 9.17) is 4.74 Å². The van der Waals surface area contributed by atoms with Crippen LogP contribution in [-0.2, 0) is 16.6 Å². The Morgan fingerprint density at radius 2 is 1.90 bits per heavy atom. The van der Waals surface area contributed by atoms with Gasteiger partial charge in [0.1, 0.15) is 5.69 Å². The van der Waals surface area contributed by atoms with Gasteiger partial charge < -0.3 is 19.1 Å². The molecule has 1 aromatic heterocycles. The van der Waals surface area contributed by atoms with Crippen molar-refractivity contribution in [3.8, 4) is 0 Å². The summed E-state index contributed by atoms with van der Waals surface area (Å²) >= 11 is 0. The second-order valence-electron chi connectivity index (χ2n) is 8.23. The lowest BCUT2D eigenvalue weighted by Crippen LogP contribution is -2.38. The van der Waals surface area contributed by atoms with E-state index in [-0.39, 0.29) is 23.8 Å². The Morgan fingerprint density at radius 1 is 1.10 bits per heavy atom. The Hall–Kier alpha value is -2.60. The Bertz CT molecular complexity index is 906. The highest BCUT2D eigenvalue weighted by Crippen LogP contribution is 2.46. The van der Waals surface area contributed by atoms with Crippen molar-refractivity contribution < 1.29 is 14.3 Å². The van der Waals surface area contributed by atoms with E-state index in [2.05, 4.69) is 19.1 Å². The summed E-state index contributed by atoms with van der Waals surface area (Å²) in [5, 5.41) is 0. The van der Waals surface area contributed by atoms with Crippen molar-refractivity contribution in [1.29, 1.82) is 0 Å². The molecule has 6 heteroatoms. The molecular formula is C23H29N3O3. The molecular weight excluding hydrogens is 366 g/mol. The molecule has 2 amide bonds. The molecule has 6 nitrogen and oxygen atoms in total. The van der Waals surface area contributed by atoms with Gasteiger partial charge in [0.25, 0.3) is 5.91 Å². The van der Waals surface area contributed by atoms with Crippen molar-refractivity contribution >= 4 is 11.8 Å². The molecule has 0 unspecified atom stereocenters. The molecule has 154 valence electrons. The monoisotopic (exact) mass is 395 g/mol. The molecule has 2 aromatic rings. The van der Waals surface area contributed by atoms with Crippen molar-refractivity contribution in [3.05, 3.63) is 59.4 Å². The summed E-state index contributed by atoms with van der Waals surface area (Å²) in [5.74, 6) is 0.768. The number of benzene rings is 1. The van der Waals surface area contributed by atoms with Gasteiger partial charge in [-0.3, -0.25) is 9.59 Å². The first kappa shape index (κ1) is 19.7. The van der Waals surface area contributed by atoms with Gasteiger partial charge in [-0.2, -0.15) is 0 Å². The normalized spacial score (nSPS) is 23.5. The van der Waals surface area contributed by atoms with Crippen LogP contribution in [0.2, 0.25) is 0 Å². The summed E-state index contributed by atoms with van der Waals surface area (Å²) in [4.78, 5) is 30.0. The van der Waals surface area contributed by atoms with Gasteiger partial charge >= 0.3 is 0 Å². The number of aryl methyl sites for hydroxylation is 2. The summed E-state index contributed by atoms with van der Waals surface area (Å²) in [6.45, 7) is 4.61. The first-order chi connectivity index (χ1) is 14.0. The molecule has 1 aromatic carbocycles. The van der Waals surface area contributed by atoms with E-state index in [1.807, 2.05) is 51.9 Å². The van der Waals surface area contributed by atoms with Crippen LogP contribution in [0.4, 0.5) is 0 Å². The minimum Gasteiger partial charge on any atom is -0.384 e. The third-order valence-corrected chi connectivity index (χ3v) is 6.46. The van der Waals surface area contributed by atoms with E-state index in [1.54, 1.807) is 7.11 Å². The number of carbonyl (C=O) groups is 2. The lowest BCUT2D eigenvalue weighted by atomic mass is 9.87. The lowest BCUT2D eigenvalue weighted by molar-refractivity contribution is -0.133. The van der Waals surface area contributed by atoms with E-state index < -0.39 is 0 Å². The zero-order chi connectivity index (χ0) is 20.5. The number of carbonyl (C=O) groups excluding carboxylic acids is 2. The molecule has 0 spiro atoms. The average molecular weight is 396 g/mol. The number of aromatic nitrogens is 1. The number of ether oxygens (including phenoxy) is 1. The van der Waals surface area contributed by atoms with Gasteiger partial charge in [-0.05, 0) is 30.2 Å². The van der Waals surface area contributed by atoms with E-state index in [9.17, 15) is 9.59 Å². The Morgan fingerprint density at radius 3 is 2.59 bits per heavy atom. The molecule has 2 fully saturated rings. The van der Waals surface area contributed by atoms with Gasteiger partial charge in [0.15, 0.2) is 0 Å². The standard InChI is InChI=1S/C23H29N3O3/c1-16-7-4-5-8-18(16)22-19-15-25(23(28)20-9-6-11-24(20)2)13-17(19)14-26(22)21(27)10-12-29-3/h4-9,11,17,19,22H,10,12-15H2,1-3H3/t17-,19-,22+/m0/s1. The van der Waals surface area contributed by atoms with Crippen molar-refractivity contribution in [2.24, 2.45) is 18.9 Å². The van der Waals surface area contributed by atoms with Crippen molar-refractivity contribution in [1.82, 2.24) is 14.4 Å². The van der Waals surface area contributed by atoms with Gasteiger partial charge in [-0.1, -0.05) is 24.3 Å². The second-order valence-corrected chi connectivity index (χ2v) is 8.23. The van der Waals surface area contributed by atoms with Gasteiger partial charge in [0, 0.05) is 51.8 Å². The van der Waals surface area contributed by atoms with Crippen LogP contribution in [0.25, 0.3) is 0 Å². The van der Waals surface area contributed by atoms with E-state index >= 15 is 0 Å². The maximum atomic E-state index is 13.0. The number of likely N-dealkylation sites (tertiary alicyclic amines) is 2. The number of nitrogens with zero attached hydrogens (tertiary/aromatic N) is 3. The molecule has 0 bridgehead atoms. The number of hydrogen-bond donors (Lipinski definition) is 0. The first-order valence-electron chi connectivity index (χ1n) is 10.3. The number of fused-ring (bicyclic) bond motifs is 1. The third-order valence-electron chi connectivity index (χ3n) is 6.46. The van der Waals surface area contributed by atoms with Gasteiger partial charge in [0.2, 0.25) is 5.91 Å². The van der Waals surface area contributed by atoms with Crippen LogP contribution >= 0.6 is 0 Å². The minimum atomic E-state index is 0.0109. The van der Waals surface area contributed by atoms with E-state index in [0.717, 1.165) is 0 Å². The zero-order valence-electron chi connectivity index (χ0n) is 17.4. The van der Waals surface area contributed by atoms with Gasteiger partial charge in [-0.25, -0.2) is 0 Å². The average Bonchev–Trinajstić information content (AvgIpc) is 3.40. The number of hydrogen-bond acceptors (Lipinski definition) is 3. The van der Waals surface area contributed by atoms with Crippen molar-refractivity contribution in [3.63, 3.8) is 0 Å². The van der Waals surface area contributed by atoms with Crippen LogP contribution in [0.5, 0.6) is 0 Å². The molecule has 0 N–H and O–H groups in total. The largest absolute Gasteiger partial charge is 0.384 e. The zero-order valence-corrected chi connectivity index (χ0v) is 17.4. The Kier molecular flexibility index (Phi) is 5.46. The number of methoxy groups -OCH3 is 1. The fraction of sp³-hybridized carbons (Fsp3) is 0.478. The highest BCUT2D eigenvalue weighted by Gasteiger charge is 2.50. The van der Waals surface area contributed by atoms with Crippen molar-refractivity contribution in [2.75, 3.05) is 33.4 Å². The quantitative estimate of drug-likeness (QED) is 0.782. The van der Waals surface area contributed by atoms with Gasteiger partial charge in [-0.15, -0.1) is 0 Å². The molecule has 29 heavy (non-hydrogen) atoms. The third kappa shape index (κ3) is 3.57. The second kappa shape index (κ2) is 8.03. The molecule has 3 heterocycles. The molecule has 4 rings (SSSR count). The fourth-order valence-electron chi connectivity index (χ4n) is 4.96. The summed E-state index contributed by atoms with van der Waals surface area (Å²) < 4.78 is 7.00. The molecule has 0 saturated carbocycles. The smallest absolute Gasteiger partial charge is 0.270 e. The topological polar surface area (TPSA) is 54.8 Å². The van der Waals surface area contributed by atoms with E-state index in [0.29, 0.717) is 44.3 Å². The highest BCUT2D eigenvalue weighted by molar-refractivity contribution is 5.93. The summed E-state index contributed by atoms with van der Waals surface area (Å²) in [5.41, 5.74) is 3.10. The number of rotatable bonds is 5. The summed E-state index contributed by atoms with van der Waals surface area (Å²) in [6, 6.07) is 12.1. The minimum absolute atomic E-state index is 0.0109. The first-order valence-corrected chi connectivity index (χ1v) is 10.3. The van der Waals surface area contributed by atoms with Crippen LogP contribution in [-0.4, -0.2) is 59.5 Å². The Labute approximate surface area is 172 Å². The molecule has 2 aliphatic rings. The summed E-state index contributed by atoms with van der Waals surface area (Å²) in [7, 11) is 3.52. The fourth-order valence-corrected chi connectivity index (χ4v) is 4.96. The van der Waals surface area contributed by atoms with Crippen LogP contribution in [0.3, 0.4) is 0 Å². The predicted octanol–water partition coefficient (Wildman–Crippen LogP) is 2.64. The predicted molar refractivity (Wildman–Crippen MR) is 110 cm³/mol. The van der Waals surface area contributed by atoms with Crippen LogP contribution in [0.15, 0.2) is 42.6 Å². The molecule has 2 saturated heterocycles. The Balaban J connectivity index is 1.60. The summed E-state index contributed by atoms with van der Waals surface area (Å²) in [6.07, 6.45) is 2.29. The SMILES string of the molecule is COCCC(=O)N1C[C@@H]2CN(C(=O)c3cccn3C)C[C@@H]2[C@H]1c1ccccc1C. The van der Waals surface area contributed by atoms with Crippen LogP contribution < -0.4 is 0 Å². The molecule has 0 radical (unpaired) electrons. The molecule has 0 aliphatic carbocycles. The van der Waals surface area contributed by atoms with E-state index in [1.165, 1.54) is 11.1 Å². The molecule has 2 aliphatic heterocycles.